The van der Waals surface area contributed by atoms with Gasteiger partial charge in [0.25, 0.3) is 0 Å². The van der Waals surface area contributed by atoms with E-state index in [2.05, 4.69) is 11.1 Å². The third-order valence-corrected chi connectivity index (χ3v) is 3.89. The van der Waals surface area contributed by atoms with Gasteiger partial charge in [0.1, 0.15) is 5.69 Å². The minimum Gasteiger partial charge on any atom is -0.331 e. The molecule has 2 aromatic carbocycles. The largest absolute Gasteiger partial charge is 0.331 e. The Balaban J connectivity index is 2.15. The van der Waals surface area contributed by atoms with E-state index in [-0.39, 0.29) is 5.78 Å². The molecule has 0 aliphatic heterocycles. The second kappa shape index (κ2) is 5.90. The van der Waals surface area contributed by atoms with Crippen molar-refractivity contribution in [1.82, 2.24) is 9.55 Å². The summed E-state index contributed by atoms with van der Waals surface area (Å²) in [5.74, 6) is -0.107. The number of aryl methyl sites for hydroxylation is 2. The van der Waals surface area contributed by atoms with Crippen LogP contribution in [0.4, 0.5) is 0 Å². The molecule has 4 heteroatoms. The fourth-order valence-corrected chi connectivity index (χ4v) is 2.60. The van der Waals surface area contributed by atoms with Gasteiger partial charge in [-0.15, -0.1) is 0 Å². The molecule has 0 spiro atoms. The van der Waals surface area contributed by atoms with Crippen LogP contribution in [-0.4, -0.2) is 15.3 Å². The summed E-state index contributed by atoms with van der Waals surface area (Å²) in [6.45, 7) is 1.99. The first kappa shape index (κ1) is 14.7. The predicted molar refractivity (Wildman–Crippen MR) is 88.0 cm³/mol. The Labute approximate surface area is 134 Å². The SMILES string of the molecule is Cc1ccccc1-c1cc(C(=O)c2cncn2C)ccc1C#N. The Morgan fingerprint density at radius 3 is 2.61 bits per heavy atom. The number of rotatable bonds is 3. The zero-order valence-electron chi connectivity index (χ0n) is 12.9. The highest BCUT2D eigenvalue weighted by Crippen LogP contribution is 2.28. The van der Waals surface area contributed by atoms with Crippen molar-refractivity contribution in [2.24, 2.45) is 7.05 Å². The lowest BCUT2D eigenvalue weighted by Gasteiger charge is -2.10. The van der Waals surface area contributed by atoms with Crippen LogP contribution in [0.15, 0.2) is 55.0 Å². The Hall–Kier alpha value is -3.19. The number of imidazole rings is 1. The lowest BCUT2D eigenvalue weighted by atomic mass is 9.93. The zero-order valence-corrected chi connectivity index (χ0v) is 12.9. The molecule has 0 aliphatic carbocycles. The van der Waals surface area contributed by atoms with Gasteiger partial charge in [-0.3, -0.25) is 4.79 Å². The molecule has 0 amide bonds. The Bertz CT molecular complexity index is 932. The van der Waals surface area contributed by atoms with Crippen molar-refractivity contribution in [2.45, 2.75) is 6.92 Å². The van der Waals surface area contributed by atoms with Crippen LogP contribution in [0.3, 0.4) is 0 Å². The lowest BCUT2D eigenvalue weighted by Crippen LogP contribution is -2.07. The van der Waals surface area contributed by atoms with Crippen LogP contribution in [0.2, 0.25) is 0 Å². The molecule has 0 atom stereocenters. The van der Waals surface area contributed by atoms with Gasteiger partial charge in [0, 0.05) is 18.2 Å². The van der Waals surface area contributed by atoms with E-state index in [4.69, 9.17) is 0 Å². The molecule has 0 aliphatic rings. The van der Waals surface area contributed by atoms with E-state index in [0.29, 0.717) is 16.8 Å². The molecule has 0 N–H and O–H groups in total. The summed E-state index contributed by atoms with van der Waals surface area (Å²) in [5, 5.41) is 9.38. The number of hydrogen-bond acceptors (Lipinski definition) is 3. The van der Waals surface area contributed by atoms with Gasteiger partial charge in [-0.2, -0.15) is 5.26 Å². The minimum atomic E-state index is -0.107. The van der Waals surface area contributed by atoms with Gasteiger partial charge >= 0.3 is 0 Å². The number of ketones is 1. The Kier molecular flexibility index (Phi) is 3.78. The maximum Gasteiger partial charge on any atom is 0.211 e. The molecule has 3 rings (SSSR count). The molecule has 1 aromatic heterocycles. The van der Waals surface area contributed by atoms with Gasteiger partial charge < -0.3 is 4.57 Å². The van der Waals surface area contributed by atoms with Gasteiger partial charge in [-0.1, -0.05) is 24.3 Å². The molecule has 112 valence electrons. The molecule has 0 unspecified atom stereocenters. The number of hydrogen-bond donors (Lipinski definition) is 0. The predicted octanol–water partition coefficient (Wildman–Crippen LogP) is 3.50. The summed E-state index contributed by atoms with van der Waals surface area (Å²) in [6, 6.07) is 15.2. The van der Waals surface area contributed by atoms with E-state index in [0.717, 1.165) is 16.7 Å². The molecular weight excluding hydrogens is 286 g/mol. The summed E-state index contributed by atoms with van der Waals surface area (Å²) in [5.41, 5.74) is 4.42. The van der Waals surface area contributed by atoms with E-state index in [1.807, 2.05) is 31.2 Å². The van der Waals surface area contributed by atoms with Crippen LogP contribution >= 0.6 is 0 Å². The smallest absolute Gasteiger partial charge is 0.211 e. The van der Waals surface area contributed by atoms with Gasteiger partial charge in [-0.25, -0.2) is 4.98 Å². The number of carbonyl (C=O) groups excluding carboxylic acids is 1. The normalized spacial score (nSPS) is 10.3. The topological polar surface area (TPSA) is 58.7 Å². The van der Waals surface area contributed by atoms with E-state index in [1.165, 1.54) is 0 Å². The highest BCUT2D eigenvalue weighted by Gasteiger charge is 2.16. The average Bonchev–Trinajstić information content (AvgIpc) is 3.00. The molecule has 4 nitrogen and oxygen atoms in total. The minimum absolute atomic E-state index is 0.107. The Morgan fingerprint density at radius 2 is 1.96 bits per heavy atom. The van der Waals surface area contributed by atoms with Crippen molar-refractivity contribution in [2.75, 3.05) is 0 Å². The molecular formula is C19H15N3O. The van der Waals surface area contributed by atoms with Crippen LogP contribution in [0, 0.1) is 18.3 Å². The van der Waals surface area contributed by atoms with Gasteiger partial charge in [0.2, 0.25) is 5.78 Å². The molecule has 0 saturated carbocycles. The third-order valence-electron chi connectivity index (χ3n) is 3.89. The third kappa shape index (κ3) is 2.65. The van der Waals surface area contributed by atoms with Crippen LogP contribution in [-0.2, 0) is 7.05 Å². The van der Waals surface area contributed by atoms with Crippen molar-refractivity contribution in [3.05, 3.63) is 77.4 Å². The fraction of sp³-hybridized carbons (Fsp3) is 0.105. The van der Waals surface area contributed by atoms with E-state index in [1.54, 1.807) is 42.3 Å². The molecule has 0 saturated heterocycles. The molecule has 23 heavy (non-hydrogen) atoms. The van der Waals surface area contributed by atoms with Crippen LogP contribution in [0.1, 0.15) is 27.2 Å². The summed E-state index contributed by atoms with van der Waals surface area (Å²) in [4.78, 5) is 16.6. The number of carbonyl (C=O) groups is 1. The second-order valence-corrected chi connectivity index (χ2v) is 5.41. The maximum absolute atomic E-state index is 12.7. The molecule has 0 fully saturated rings. The van der Waals surface area contributed by atoms with Crippen molar-refractivity contribution >= 4 is 5.78 Å². The standard InChI is InChI=1S/C19H15N3O/c1-13-5-3-4-6-16(13)17-9-14(7-8-15(17)10-20)19(23)18-11-21-12-22(18)2/h3-9,11-12H,1-2H3. The van der Waals surface area contributed by atoms with Crippen LogP contribution < -0.4 is 0 Å². The number of benzene rings is 2. The highest BCUT2D eigenvalue weighted by molar-refractivity contribution is 6.08. The summed E-state index contributed by atoms with van der Waals surface area (Å²) >= 11 is 0. The van der Waals surface area contributed by atoms with Gasteiger partial charge in [0.15, 0.2) is 0 Å². The van der Waals surface area contributed by atoms with Crippen LogP contribution in [0.5, 0.6) is 0 Å². The van der Waals surface area contributed by atoms with E-state index in [9.17, 15) is 10.1 Å². The van der Waals surface area contributed by atoms with Crippen molar-refractivity contribution < 1.29 is 4.79 Å². The number of nitrogens with zero attached hydrogens (tertiary/aromatic N) is 3. The van der Waals surface area contributed by atoms with Crippen molar-refractivity contribution in [1.29, 1.82) is 5.26 Å². The summed E-state index contributed by atoms with van der Waals surface area (Å²) in [6.07, 6.45) is 3.15. The number of aromatic nitrogens is 2. The first-order valence-electron chi connectivity index (χ1n) is 7.23. The lowest BCUT2D eigenvalue weighted by molar-refractivity contribution is 0.103. The van der Waals surface area contributed by atoms with Gasteiger partial charge in [-0.05, 0) is 36.2 Å². The monoisotopic (exact) mass is 301 g/mol. The van der Waals surface area contributed by atoms with Crippen molar-refractivity contribution in [3.8, 4) is 17.2 Å². The van der Waals surface area contributed by atoms with E-state index < -0.39 is 0 Å². The quantitative estimate of drug-likeness (QED) is 0.696. The number of nitriles is 1. The van der Waals surface area contributed by atoms with Gasteiger partial charge in [0.05, 0.1) is 24.2 Å². The average molecular weight is 301 g/mol. The van der Waals surface area contributed by atoms with E-state index >= 15 is 0 Å². The summed E-state index contributed by atoms with van der Waals surface area (Å²) < 4.78 is 1.69. The van der Waals surface area contributed by atoms with Crippen LogP contribution in [0.25, 0.3) is 11.1 Å². The molecule has 3 aromatic rings. The first-order chi connectivity index (χ1) is 11.1. The molecule has 0 radical (unpaired) electrons. The molecule has 0 bridgehead atoms. The second-order valence-electron chi connectivity index (χ2n) is 5.41. The fourth-order valence-electron chi connectivity index (χ4n) is 2.60. The maximum atomic E-state index is 12.7. The van der Waals surface area contributed by atoms with Crippen molar-refractivity contribution in [3.63, 3.8) is 0 Å². The zero-order chi connectivity index (χ0) is 16.4. The molecule has 1 heterocycles. The highest BCUT2D eigenvalue weighted by atomic mass is 16.1. The summed E-state index contributed by atoms with van der Waals surface area (Å²) in [7, 11) is 1.78. The Morgan fingerprint density at radius 1 is 1.17 bits per heavy atom. The first-order valence-corrected chi connectivity index (χ1v) is 7.23.